The van der Waals surface area contributed by atoms with Crippen molar-refractivity contribution < 1.29 is 4.79 Å². The molecule has 0 bridgehead atoms. The number of nitrogens with zero attached hydrogens (tertiary/aromatic N) is 2. The summed E-state index contributed by atoms with van der Waals surface area (Å²) < 4.78 is 0. The van der Waals surface area contributed by atoms with Crippen LogP contribution >= 0.6 is 11.3 Å². The average molecular weight is 505 g/mol. The molecule has 2 aliphatic heterocycles. The molecule has 2 fully saturated rings. The molecule has 3 nitrogen and oxygen atoms in total. The molecule has 4 aromatic rings. The molecular weight excluding hydrogens is 472 g/mol. The van der Waals surface area contributed by atoms with Crippen molar-refractivity contribution in [3.05, 3.63) is 112 Å². The monoisotopic (exact) mass is 504 g/mol. The lowest BCUT2D eigenvalue weighted by Gasteiger charge is -2.40. The maximum absolute atomic E-state index is 13.8. The maximum atomic E-state index is 13.8. The van der Waals surface area contributed by atoms with Crippen molar-refractivity contribution in [2.45, 2.75) is 24.2 Å². The van der Waals surface area contributed by atoms with Crippen LogP contribution in [0.15, 0.2) is 89.6 Å². The second kappa shape index (κ2) is 9.27. The summed E-state index contributed by atoms with van der Waals surface area (Å²) in [5.41, 5.74) is 5.34. The molecule has 1 spiro atoms. The Hall–Kier alpha value is -3.21. The number of piperidine rings is 1. The Morgan fingerprint density at radius 1 is 0.919 bits per heavy atom. The summed E-state index contributed by atoms with van der Waals surface area (Å²) in [6, 6.07) is 25.5. The van der Waals surface area contributed by atoms with Gasteiger partial charge in [0.05, 0.1) is 0 Å². The normalized spacial score (nSPS) is 22.6. The molecule has 3 aliphatic rings. The summed E-state index contributed by atoms with van der Waals surface area (Å²) >= 11 is 1.76. The zero-order chi connectivity index (χ0) is 24.8. The van der Waals surface area contributed by atoms with Gasteiger partial charge >= 0.3 is 0 Å². The lowest BCUT2D eigenvalue weighted by Crippen LogP contribution is -2.43. The highest BCUT2D eigenvalue weighted by Crippen LogP contribution is 2.44. The van der Waals surface area contributed by atoms with Crippen LogP contribution in [0.5, 0.6) is 0 Å². The molecule has 0 radical (unpaired) electrons. The number of likely N-dealkylation sites (tertiary alicyclic amines) is 2. The fraction of sp³-hybridized carbons (Fsp3) is 0.303. The second-order valence-electron chi connectivity index (χ2n) is 11.0. The van der Waals surface area contributed by atoms with Crippen molar-refractivity contribution in [3.63, 3.8) is 0 Å². The molecule has 2 atom stereocenters. The van der Waals surface area contributed by atoms with Gasteiger partial charge in [-0.05, 0) is 82.2 Å². The molecule has 0 N–H and O–H groups in total. The van der Waals surface area contributed by atoms with Crippen LogP contribution in [0.25, 0.3) is 16.8 Å². The van der Waals surface area contributed by atoms with Gasteiger partial charge in [0.15, 0.2) is 0 Å². The van der Waals surface area contributed by atoms with Crippen LogP contribution < -0.4 is 0 Å². The van der Waals surface area contributed by atoms with E-state index < -0.39 is 0 Å². The number of carbonyl (C=O) groups is 1. The first-order valence-electron chi connectivity index (χ1n) is 13.5. The zero-order valence-electron chi connectivity index (χ0n) is 21.1. The van der Waals surface area contributed by atoms with Gasteiger partial charge in [0.25, 0.3) is 5.91 Å². The largest absolute Gasteiger partial charge is 0.338 e. The van der Waals surface area contributed by atoms with Crippen LogP contribution in [0, 0.1) is 5.92 Å². The summed E-state index contributed by atoms with van der Waals surface area (Å²) in [7, 11) is 0. The smallest absolute Gasteiger partial charge is 0.254 e. The van der Waals surface area contributed by atoms with Gasteiger partial charge in [0.2, 0.25) is 0 Å². The van der Waals surface area contributed by atoms with E-state index in [1.807, 2.05) is 24.3 Å². The molecule has 186 valence electrons. The van der Waals surface area contributed by atoms with Crippen LogP contribution in [-0.2, 0) is 5.41 Å². The number of allylic oxidation sites excluding steroid dienone is 1. The van der Waals surface area contributed by atoms with E-state index in [1.165, 1.54) is 29.5 Å². The average Bonchev–Trinajstić information content (AvgIpc) is 3.69. The zero-order valence-corrected chi connectivity index (χ0v) is 21.9. The molecule has 2 unspecified atom stereocenters. The Kier molecular flexibility index (Phi) is 5.75. The highest BCUT2D eigenvalue weighted by Gasteiger charge is 2.41. The molecule has 4 heteroatoms. The van der Waals surface area contributed by atoms with Crippen molar-refractivity contribution >= 4 is 34.1 Å². The minimum absolute atomic E-state index is 0.171. The quantitative estimate of drug-likeness (QED) is 0.305. The third-order valence-electron chi connectivity index (χ3n) is 9.04. The van der Waals surface area contributed by atoms with E-state index in [2.05, 4.69) is 81.2 Å². The SMILES string of the molecule is O=C(c1cccc2ccccc12)N1CC(CN2CCC3(C=Cc4ccccc43)CC2)C(c2ccsc2)C1. The van der Waals surface area contributed by atoms with E-state index in [0.29, 0.717) is 11.8 Å². The third-order valence-corrected chi connectivity index (χ3v) is 9.74. The number of rotatable bonds is 4. The van der Waals surface area contributed by atoms with Crippen molar-refractivity contribution in [1.29, 1.82) is 0 Å². The van der Waals surface area contributed by atoms with Gasteiger partial charge in [0, 0.05) is 36.5 Å². The van der Waals surface area contributed by atoms with Crippen molar-refractivity contribution in [2.75, 3.05) is 32.7 Å². The Balaban J connectivity index is 1.09. The molecule has 7 rings (SSSR count). The second-order valence-corrected chi connectivity index (χ2v) is 11.8. The highest BCUT2D eigenvalue weighted by molar-refractivity contribution is 7.08. The minimum Gasteiger partial charge on any atom is -0.338 e. The molecule has 37 heavy (non-hydrogen) atoms. The Bertz CT molecular complexity index is 1460. The number of thiophene rings is 1. The first-order valence-corrected chi connectivity index (χ1v) is 14.4. The van der Waals surface area contributed by atoms with Crippen LogP contribution in [0.3, 0.4) is 0 Å². The van der Waals surface area contributed by atoms with E-state index in [0.717, 1.165) is 49.1 Å². The summed E-state index contributed by atoms with van der Waals surface area (Å²) in [4.78, 5) is 18.6. The number of fused-ring (bicyclic) bond motifs is 3. The topological polar surface area (TPSA) is 23.6 Å². The van der Waals surface area contributed by atoms with Crippen LogP contribution in [0.2, 0.25) is 0 Å². The minimum atomic E-state index is 0.171. The fourth-order valence-corrected chi connectivity index (χ4v) is 7.73. The number of hydrogen-bond donors (Lipinski definition) is 0. The third kappa shape index (κ3) is 4.03. The van der Waals surface area contributed by atoms with Crippen LogP contribution in [0.1, 0.15) is 45.8 Å². The van der Waals surface area contributed by atoms with Gasteiger partial charge in [-0.25, -0.2) is 0 Å². The first-order chi connectivity index (χ1) is 18.2. The molecule has 1 aliphatic carbocycles. The van der Waals surface area contributed by atoms with Crippen molar-refractivity contribution in [3.8, 4) is 0 Å². The lowest BCUT2D eigenvalue weighted by molar-refractivity contribution is 0.0782. The Morgan fingerprint density at radius 3 is 2.59 bits per heavy atom. The fourth-order valence-electron chi connectivity index (χ4n) is 7.01. The van der Waals surface area contributed by atoms with Gasteiger partial charge in [-0.2, -0.15) is 11.3 Å². The predicted molar refractivity (Wildman–Crippen MR) is 153 cm³/mol. The van der Waals surface area contributed by atoms with Gasteiger partial charge in [-0.15, -0.1) is 0 Å². The standard InChI is InChI=1S/C33H32N2OS/c36-32(29-10-5-8-24-6-1-3-9-28(24)29)35-21-27(30(22-35)26-13-19-37-23-26)20-34-17-15-33(16-18-34)14-12-25-7-2-4-11-31(25)33/h1-14,19,23,27,30H,15-18,20-22H2. The molecule has 3 heterocycles. The van der Waals surface area contributed by atoms with Crippen LogP contribution in [0.4, 0.5) is 0 Å². The molecule has 0 saturated carbocycles. The molecule has 2 saturated heterocycles. The number of hydrogen-bond acceptors (Lipinski definition) is 3. The number of amides is 1. The Labute approximate surface area is 223 Å². The van der Waals surface area contributed by atoms with Gasteiger partial charge in [0.1, 0.15) is 0 Å². The van der Waals surface area contributed by atoms with E-state index in [9.17, 15) is 4.79 Å². The lowest BCUT2D eigenvalue weighted by atomic mass is 9.74. The summed E-state index contributed by atoms with van der Waals surface area (Å²) in [6.07, 6.45) is 7.14. The van der Waals surface area contributed by atoms with Crippen molar-refractivity contribution in [2.24, 2.45) is 5.92 Å². The predicted octanol–water partition coefficient (Wildman–Crippen LogP) is 6.82. The van der Waals surface area contributed by atoms with E-state index in [-0.39, 0.29) is 11.3 Å². The van der Waals surface area contributed by atoms with Gasteiger partial charge in [-0.1, -0.05) is 72.8 Å². The molecule has 3 aromatic carbocycles. The first kappa shape index (κ1) is 22.9. The van der Waals surface area contributed by atoms with Gasteiger partial charge < -0.3 is 9.80 Å². The van der Waals surface area contributed by atoms with Gasteiger partial charge in [-0.3, -0.25) is 4.79 Å². The maximum Gasteiger partial charge on any atom is 0.254 e. The molecule has 1 amide bonds. The molecule has 1 aromatic heterocycles. The highest BCUT2D eigenvalue weighted by atomic mass is 32.1. The number of benzene rings is 3. The van der Waals surface area contributed by atoms with E-state index in [1.54, 1.807) is 11.3 Å². The summed E-state index contributed by atoms with van der Waals surface area (Å²) in [5, 5.41) is 6.64. The van der Waals surface area contributed by atoms with E-state index in [4.69, 9.17) is 0 Å². The number of carbonyl (C=O) groups excluding carboxylic acids is 1. The van der Waals surface area contributed by atoms with E-state index >= 15 is 0 Å². The summed E-state index contributed by atoms with van der Waals surface area (Å²) in [5.74, 6) is 1.02. The summed E-state index contributed by atoms with van der Waals surface area (Å²) in [6.45, 7) is 4.91. The Morgan fingerprint density at radius 2 is 1.73 bits per heavy atom. The van der Waals surface area contributed by atoms with Crippen molar-refractivity contribution in [1.82, 2.24) is 9.80 Å². The van der Waals surface area contributed by atoms with Crippen LogP contribution in [-0.4, -0.2) is 48.4 Å². The molecular formula is C33H32N2OS.